The van der Waals surface area contributed by atoms with Gasteiger partial charge in [-0.05, 0) is 31.2 Å². The van der Waals surface area contributed by atoms with Crippen LogP contribution in [0.3, 0.4) is 0 Å². The SMILES string of the molecule is CNC1CCN(Cc2ccc(OCC(=O)OC)cc2)C1. The largest absolute Gasteiger partial charge is 0.482 e. The smallest absolute Gasteiger partial charge is 0.343 e. The summed E-state index contributed by atoms with van der Waals surface area (Å²) >= 11 is 0. The summed E-state index contributed by atoms with van der Waals surface area (Å²) in [6.45, 7) is 3.13. The van der Waals surface area contributed by atoms with E-state index in [1.807, 2.05) is 31.3 Å². The van der Waals surface area contributed by atoms with Crippen LogP contribution < -0.4 is 10.1 Å². The highest BCUT2D eigenvalue weighted by Gasteiger charge is 2.20. The fourth-order valence-electron chi connectivity index (χ4n) is 2.36. The van der Waals surface area contributed by atoms with Crippen molar-refractivity contribution in [3.8, 4) is 5.75 Å². The second kappa shape index (κ2) is 7.26. The molecule has 5 nitrogen and oxygen atoms in total. The van der Waals surface area contributed by atoms with Crippen molar-refractivity contribution in [1.29, 1.82) is 0 Å². The van der Waals surface area contributed by atoms with Crippen molar-refractivity contribution in [3.63, 3.8) is 0 Å². The average molecular weight is 278 g/mol. The number of methoxy groups -OCH3 is 1. The fraction of sp³-hybridized carbons (Fsp3) is 0.533. The number of esters is 1. The van der Waals surface area contributed by atoms with Crippen LogP contribution in [0.5, 0.6) is 5.75 Å². The summed E-state index contributed by atoms with van der Waals surface area (Å²) in [5.74, 6) is 0.318. The third kappa shape index (κ3) is 4.21. The first-order valence-corrected chi connectivity index (χ1v) is 6.89. The minimum atomic E-state index is -0.371. The molecule has 1 aromatic carbocycles. The van der Waals surface area contributed by atoms with E-state index in [9.17, 15) is 4.79 Å². The maximum atomic E-state index is 11.0. The van der Waals surface area contributed by atoms with Crippen LogP contribution in [0.4, 0.5) is 0 Å². The summed E-state index contributed by atoms with van der Waals surface area (Å²) in [4.78, 5) is 13.4. The molecule has 1 aliphatic heterocycles. The third-order valence-electron chi connectivity index (χ3n) is 3.59. The Balaban J connectivity index is 1.81. The molecule has 1 N–H and O–H groups in total. The van der Waals surface area contributed by atoms with Crippen molar-refractivity contribution < 1.29 is 14.3 Å². The van der Waals surface area contributed by atoms with Gasteiger partial charge in [-0.15, -0.1) is 0 Å². The molecule has 1 heterocycles. The molecule has 0 spiro atoms. The van der Waals surface area contributed by atoms with Crippen molar-refractivity contribution >= 4 is 5.97 Å². The van der Waals surface area contributed by atoms with E-state index in [2.05, 4.69) is 15.0 Å². The fourth-order valence-corrected chi connectivity index (χ4v) is 2.36. The van der Waals surface area contributed by atoms with E-state index in [1.54, 1.807) is 0 Å². The molecule has 2 rings (SSSR count). The maximum absolute atomic E-state index is 11.0. The maximum Gasteiger partial charge on any atom is 0.343 e. The summed E-state index contributed by atoms with van der Waals surface area (Å²) in [6, 6.07) is 8.48. The monoisotopic (exact) mass is 278 g/mol. The quantitative estimate of drug-likeness (QED) is 0.788. The van der Waals surface area contributed by atoms with Crippen LogP contribution in [0.25, 0.3) is 0 Å². The third-order valence-corrected chi connectivity index (χ3v) is 3.59. The first kappa shape index (κ1) is 14.8. The zero-order valence-corrected chi connectivity index (χ0v) is 12.1. The lowest BCUT2D eigenvalue weighted by atomic mass is 10.2. The molecule has 1 atom stereocenters. The number of carbonyl (C=O) groups is 1. The van der Waals surface area contributed by atoms with Gasteiger partial charge in [-0.3, -0.25) is 4.90 Å². The van der Waals surface area contributed by atoms with Gasteiger partial charge in [0.2, 0.25) is 0 Å². The van der Waals surface area contributed by atoms with Gasteiger partial charge in [0, 0.05) is 25.7 Å². The molecule has 0 saturated carbocycles. The predicted octanol–water partition coefficient (Wildman–Crippen LogP) is 1.03. The van der Waals surface area contributed by atoms with Crippen LogP contribution in [0.1, 0.15) is 12.0 Å². The van der Waals surface area contributed by atoms with E-state index in [-0.39, 0.29) is 12.6 Å². The van der Waals surface area contributed by atoms with Gasteiger partial charge in [0.05, 0.1) is 7.11 Å². The Kier molecular flexibility index (Phi) is 5.38. The van der Waals surface area contributed by atoms with Crippen LogP contribution in [0.2, 0.25) is 0 Å². The van der Waals surface area contributed by atoms with Gasteiger partial charge in [-0.2, -0.15) is 0 Å². The zero-order chi connectivity index (χ0) is 14.4. The summed E-state index contributed by atoms with van der Waals surface area (Å²) in [5.41, 5.74) is 1.26. The molecule has 5 heteroatoms. The molecule has 1 saturated heterocycles. The van der Waals surface area contributed by atoms with Gasteiger partial charge in [0.1, 0.15) is 5.75 Å². The molecule has 20 heavy (non-hydrogen) atoms. The topological polar surface area (TPSA) is 50.8 Å². The van der Waals surface area contributed by atoms with Gasteiger partial charge in [-0.25, -0.2) is 4.79 Å². The standard InChI is InChI=1S/C15H22N2O3/c1-16-13-7-8-17(10-13)9-12-3-5-14(6-4-12)20-11-15(18)19-2/h3-6,13,16H,7-11H2,1-2H3. The van der Waals surface area contributed by atoms with Crippen molar-refractivity contribution in [2.24, 2.45) is 0 Å². The number of rotatable bonds is 6. The van der Waals surface area contributed by atoms with E-state index in [0.29, 0.717) is 11.8 Å². The number of carbonyl (C=O) groups excluding carboxylic acids is 1. The van der Waals surface area contributed by atoms with Gasteiger partial charge in [0.15, 0.2) is 6.61 Å². The number of nitrogens with zero attached hydrogens (tertiary/aromatic N) is 1. The average Bonchev–Trinajstić information content (AvgIpc) is 2.94. The Morgan fingerprint density at radius 1 is 1.40 bits per heavy atom. The minimum absolute atomic E-state index is 0.0498. The molecular weight excluding hydrogens is 256 g/mol. The minimum Gasteiger partial charge on any atom is -0.482 e. The predicted molar refractivity (Wildman–Crippen MR) is 76.7 cm³/mol. The van der Waals surface area contributed by atoms with E-state index < -0.39 is 0 Å². The van der Waals surface area contributed by atoms with Crippen LogP contribution in [0, 0.1) is 0 Å². The van der Waals surface area contributed by atoms with E-state index in [1.165, 1.54) is 19.1 Å². The van der Waals surface area contributed by atoms with Crippen molar-refractivity contribution in [3.05, 3.63) is 29.8 Å². The molecule has 1 unspecified atom stereocenters. The van der Waals surface area contributed by atoms with Crippen LogP contribution >= 0.6 is 0 Å². The molecule has 110 valence electrons. The summed E-state index contributed by atoms with van der Waals surface area (Å²) in [5, 5.41) is 3.32. The number of nitrogens with one attached hydrogen (secondary N) is 1. The summed E-state index contributed by atoms with van der Waals surface area (Å²) in [6.07, 6.45) is 1.21. The van der Waals surface area contributed by atoms with Crippen molar-refractivity contribution in [1.82, 2.24) is 10.2 Å². The normalized spacial score (nSPS) is 19.0. The Labute approximate surface area is 119 Å². The van der Waals surface area contributed by atoms with Crippen molar-refractivity contribution in [2.75, 3.05) is 33.9 Å². The molecular formula is C15H22N2O3. The second-order valence-corrected chi connectivity index (χ2v) is 5.02. The molecule has 1 aliphatic rings. The summed E-state index contributed by atoms with van der Waals surface area (Å²) < 4.78 is 9.85. The molecule has 0 aliphatic carbocycles. The number of benzene rings is 1. The summed E-state index contributed by atoms with van der Waals surface area (Å²) in [7, 11) is 3.37. The van der Waals surface area contributed by atoms with Crippen LogP contribution in [-0.4, -0.2) is 50.8 Å². The lowest BCUT2D eigenvalue weighted by molar-refractivity contribution is -0.142. The first-order chi connectivity index (χ1) is 9.71. The second-order valence-electron chi connectivity index (χ2n) is 5.02. The first-order valence-electron chi connectivity index (χ1n) is 6.89. The molecule has 0 aromatic heterocycles. The number of ether oxygens (including phenoxy) is 2. The number of hydrogen-bond donors (Lipinski definition) is 1. The number of likely N-dealkylation sites (tertiary alicyclic amines) is 1. The Hall–Kier alpha value is -1.59. The van der Waals surface area contributed by atoms with E-state index in [4.69, 9.17) is 4.74 Å². The van der Waals surface area contributed by atoms with E-state index >= 15 is 0 Å². The number of hydrogen-bond acceptors (Lipinski definition) is 5. The zero-order valence-electron chi connectivity index (χ0n) is 12.1. The Morgan fingerprint density at radius 3 is 2.75 bits per heavy atom. The molecule has 1 aromatic rings. The molecule has 1 fully saturated rings. The highest BCUT2D eigenvalue weighted by atomic mass is 16.6. The van der Waals surface area contributed by atoms with Crippen LogP contribution in [-0.2, 0) is 16.1 Å². The Bertz CT molecular complexity index is 433. The molecule has 0 bridgehead atoms. The lowest BCUT2D eigenvalue weighted by Crippen LogP contribution is -2.29. The van der Waals surface area contributed by atoms with E-state index in [0.717, 1.165) is 19.6 Å². The van der Waals surface area contributed by atoms with Gasteiger partial charge >= 0.3 is 5.97 Å². The highest BCUT2D eigenvalue weighted by molar-refractivity contribution is 5.70. The molecule has 0 amide bonds. The highest BCUT2D eigenvalue weighted by Crippen LogP contribution is 2.16. The van der Waals surface area contributed by atoms with Gasteiger partial charge < -0.3 is 14.8 Å². The lowest BCUT2D eigenvalue weighted by Gasteiger charge is -2.16. The Morgan fingerprint density at radius 2 is 2.15 bits per heavy atom. The van der Waals surface area contributed by atoms with Gasteiger partial charge in [0.25, 0.3) is 0 Å². The molecule has 0 radical (unpaired) electrons. The van der Waals surface area contributed by atoms with Gasteiger partial charge in [-0.1, -0.05) is 12.1 Å². The number of likely N-dealkylation sites (N-methyl/N-ethyl adjacent to an activating group) is 1. The van der Waals surface area contributed by atoms with Crippen LogP contribution in [0.15, 0.2) is 24.3 Å². The van der Waals surface area contributed by atoms with Crippen molar-refractivity contribution in [2.45, 2.75) is 19.0 Å².